The van der Waals surface area contributed by atoms with E-state index >= 15 is 0 Å². The van der Waals surface area contributed by atoms with Crippen molar-refractivity contribution >= 4 is 12.6 Å². The Kier molecular flexibility index (Phi) is 3.48. The summed E-state index contributed by atoms with van der Waals surface area (Å²) < 4.78 is 5.84. The van der Waals surface area contributed by atoms with Crippen molar-refractivity contribution in [2.75, 3.05) is 0 Å². The van der Waals surface area contributed by atoms with Gasteiger partial charge in [0.05, 0.1) is 11.1 Å². The number of benzene rings is 2. The molecule has 0 fully saturated rings. The molecule has 3 aromatic rings. The third kappa shape index (κ3) is 2.30. The van der Waals surface area contributed by atoms with Crippen molar-refractivity contribution in [1.29, 1.82) is 0 Å². The molecule has 0 radical (unpaired) electrons. The fourth-order valence-electron chi connectivity index (χ4n) is 2.30. The predicted octanol–water partition coefficient (Wildman–Crippen LogP) is 4.24. The van der Waals surface area contributed by atoms with Crippen molar-refractivity contribution in [2.45, 2.75) is 0 Å². The lowest BCUT2D eigenvalue weighted by Gasteiger charge is -1.98. The normalized spacial score (nSPS) is 10.3. The van der Waals surface area contributed by atoms with Crippen LogP contribution in [0.5, 0.6) is 0 Å². The van der Waals surface area contributed by atoms with E-state index in [1.807, 2.05) is 60.7 Å². The number of carbonyl (C=O) groups excluding carboxylic acids is 2. The summed E-state index contributed by atoms with van der Waals surface area (Å²) >= 11 is 0. The molecule has 0 spiro atoms. The van der Waals surface area contributed by atoms with Crippen LogP contribution < -0.4 is 0 Å². The minimum atomic E-state index is 0.287. The molecule has 0 amide bonds. The molecule has 1 aromatic heterocycles. The second kappa shape index (κ2) is 5.59. The first kappa shape index (κ1) is 13.1. The Morgan fingerprint density at radius 3 is 1.33 bits per heavy atom. The number of aldehydes is 2. The van der Waals surface area contributed by atoms with E-state index in [9.17, 15) is 9.59 Å². The minimum Gasteiger partial charge on any atom is -0.455 e. The monoisotopic (exact) mass is 276 g/mol. The molecule has 0 aliphatic carbocycles. The molecule has 0 saturated heterocycles. The van der Waals surface area contributed by atoms with E-state index in [1.165, 1.54) is 0 Å². The summed E-state index contributed by atoms with van der Waals surface area (Å²) in [6, 6.07) is 18.6. The molecule has 3 nitrogen and oxygen atoms in total. The highest BCUT2D eigenvalue weighted by molar-refractivity contribution is 6.01. The highest BCUT2D eigenvalue weighted by Crippen LogP contribution is 2.35. The molecule has 3 rings (SSSR count). The van der Waals surface area contributed by atoms with Crippen molar-refractivity contribution in [2.24, 2.45) is 0 Å². The zero-order valence-corrected chi connectivity index (χ0v) is 11.2. The Hall–Kier alpha value is -2.94. The Balaban J connectivity index is 2.26. The van der Waals surface area contributed by atoms with Crippen molar-refractivity contribution < 1.29 is 14.0 Å². The number of hydrogen-bond acceptors (Lipinski definition) is 3. The van der Waals surface area contributed by atoms with Crippen molar-refractivity contribution in [1.82, 2.24) is 0 Å². The summed E-state index contributed by atoms with van der Waals surface area (Å²) in [7, 11) is 0. The lowest BCUT2D eigenvalue weighted by atomic mass is 10.0. The van der Waals surface area contributed by atoms with Crippen LogP contribution in [0.2, 0.25) is 0 Å². The van der Waals surface area contributed by atoms with Crippen LogP contribution in [0.3, 0.4) is 0 Å². The van der Waals surface area contributed by atoms with Crippen LogP contribution in [-0.4, -0.2) is 12.6 Å². The van der Waals surface area contributed by atoms with Gasteiger partial charge in [0, 0.05) is 11.1 Å². The van der Waals surface area contributed by atoms with Crippen LogP contribution in [0.1, 0.15) is 20.7 Å². The second-order valence-corrected chi connectivity index (χ2v) is 4.56. The van der Waals surface area contributed by atoms with E-state index in [0.29, 0.717) is 24.1 Å². The number of hydrogen-bond donors (Lipinski definition) is 0. The van der Waals surface area contributed by atoms with Crippen molar-refractivity contribution in [3.05, 3.63) is 71.8 Å². The summed E-state index contributed by atoms with van der Waals surface area (Å²) in [4.78, 5) is 22.8. The van der Waals surface area contributed by atoms with Crippen LogP contribution >= 0.6 is 0 Å². The van der Waals surface area contributed by atoms with E-state index < -0.39 is 0 Å². The molecule has 0 saturated carbocycles. The molecular formula is C18H12O3. The van der Waals surface area contributed by atoms with Crippen molar-refractivity contribution in [3.8, 4) is 22.6 Å². The molecular weight excluding hydrogens is 264 g/mol. The third-order valence-electron chi connectivity index (χ3n) is 3.29. The Bertz CT molecular complexity index is 705. The highest BCUT2D eigenvalue weighted by Gasteiger charge is 2.21. The van der Waals surface area contributed by atoms with Gasteiger partial charge in [-0.15, -0.1) is 0 Å². The standard InChI is InChI=1S/C18H12O3/c19-11-15-16(12-20)18(14-9-5-2-6-10-14)21-17(15)13-7-3-1-4-8-13/h1-12H. The van der Waals surface area contributed by atoms with Gasteiger partial charge in [-0.1, -0.05) is 60.7 Å². The zero-order valence-electron chi connectivity index (χ0n) is 11.2. The fourth-order valence-corrected chi connectivity index (χ4v) is 2.30. The minimum absolute atomic E-state index is 0.287. The van der Waals surface area contributed by atoms with Gasteiger partial charge in [-0.05, 0) is 0 Å². The first-order valence-corrected chi connectivity index (χ1v) is 6.53. The molecule has 3 heteroatoms. The van der Waals surface area contributed by atoms with Crippen LogP contribution in [0.4, 0.5) is 0 Å². The third-order valence-corrected chi connectivity index (χ3v) is 3.29. The van der Waals surface area contributed by atoms with Gasteiger partial charge in [0.2, 0.25) is 0 Å². The SMILES string of the molecule is O=Cc1c(-c2ccccc2)oc(-c2ccccc2)c1C=O. The van der Waals surface area contributed by atoms with Crippen LogP contribution in [-0.2, 0) is 0 Å². The quantitative estimate of drug-likeness (QED) is 0.670. The summed E-state index contributed by atoms with van der Waals surface area (Å²) in [6.07, 6.45) is 1.34. The topological polar surface area (TPSA) is 47.3 Å². The fraction of sp³-hybridized carbons (Fsp3) is 0. The molecule has 0 aliphatic rings. The van der Waals surface area contributed by atoms with Gasteiger partial charge >= 0.3 is 0 Å². The number of rotatable bonds is 4. The van der Waals surface area contributed by atoms with E-state index in [2.05, 4.69) is 0 Å². The van der Waals surface area contributed by atoms with E-state index in [4.69, 9.17) is 4.42 Å². The summed E-state index contributed by atoms with van der Waals surface area (Å²) in [5.74, 6) is 0.845. The summed E-state index contributed by atoms with van der Waals surface area (Å²) in [5.41, 5.74) is 2.11. The molecule has 102 valence electrons. The van der Waals surface area contributed by atoms with E-state index in [0.717, 1.165) is 11.1 Å². The van der Waals surface area contributed by atoms with Gasteiger partial charge in [0.1, 0.15) is 11.5 Å². The average molecular weight is 276 g/mol. The zero-order chi connectivity index (χ0) is 14.7. The van der Waals surface area contributed by atoms with Gasteiger partial charge in [0.15, 0.2) is 12.6 Å². The van der Waals surface area contributed by atoms with Crippen LogP contribution in [0.25, 0.3) is 22.6 Å². The largest absolute Gasteiger partial charge is 0.455 e. The first-order valence-electron chi connectivity index (χ1n) is 6.53. The number of carbonyl (C=O) groups is 2. The molecule has 2 aromatic carbocycles. The van der Waals surface area contributed by atoms with Crippen molar-refractivity contribution in [3.63, 3.8) is 0 Å². The molecule has 21 heavy (non-hydrogen) atoms. The second-order valence-electron chi connectivity index (χ2n) is 4.56. The molecule has 0 bridgehead atoms. The predicted molar refractivity (Wildman–Crippen MR) is 80.4 cm³/mol. The van der Waals surface area contributed by atoms with Gasteiger partial charge in [-0.25, -0.2) is 0 Å². The maximum Gasteiger partial charge on any atom is 0.154 e. The molecule has 1 heterocycles. The molecule has 0 unspecified atom stereocenters. The summed E-state index contributed by atoms with van der Waals surface area (Å²) in [5, 5.41) is 0. The Morgan fingerprint density at radius 2 is 1.00 bits per heavy atom. The highest BCUT2D eigenvalue weighted by atomic mass is 16.3. The van der Waals surface area contributed by atoms with Crippen LogP contribution in [0.15, 0.2) is 65.1 Å². The van der Waals surface area contributed by atoms with E-state index in [1.54, 1.807) is 0 Å². The maximum atomic E-state index is 11.4. The average Bonchev–Trinajstić information content (AvgIpc) is 2.95. The lowest BCUT2D eigenvalue weighted by molar-refractivity contribution is 0.109. The van der Waals surface area contributed by atoms with Gasteiger partial charge in [-0.3, -0.25) is 9.59 Å². The Morgan fingerprint density at radius 1 is 0.619 bits per heavy atom. The van der Waals surface area contributed by atoms with Gasteiger partial charge < -0.3 is 4.42 Å². The first-order chi connectivity index (χ1) is 10.3. The van der Waals surface area contributed by atoms with Gasteiger partial charge in [0.25, 0.3) is 0 Å². The smallest absolute Gasteiger partial charge is 0.154 e. The van der Waals surface area contributed by atoms with Gasteiger partial charge in [-0.2, -0.15) is 0 Å². The molecule has 0 N–H and O–H groups in total. The summed E-state index contributed by atoms with van der Waals surface area (Å²) in [6.45, 7) is 0. The number of furan rings is 1. The lowest BCUT2D eigenvalue weighted by Crippen LogP contribution is -1.89. The maximum absolute atomic E-state index is 11.4. The van der Waals surface area contributed by atoms with E-state index in [-0.39, 0.29) is 11.1 Å². The molecule has 0 atom stereocenters. The molecule has 0 aliphatic heterocycles. The Labute approximate surface area is 121 Å². The van der Waals surface area contributed by atoms with Crippen LogP contribution in [0, 0.1) is 0 Å².